The SMILES string of the molecule is CC(C)(C)c1ccc(N(c2ccc(C(C)(C)C)cc2)c2ccc3c(c2)N(c2cccc4c2sc2ccccc24)c2cccc4c2B3c2sc3ccc(C(C)(C)C)cc3c2N4c2ccccc2)cc1. The molecule has 2 aromatic heterocycles. The van der Waals surface area contributed by atoms with E-state index in [1.165, 1.54) is 96.8 Å². The summed E-state index contributed by atoms with van der Waals surface area (Å²) < 4.78 is 5.30. The highest BCUT2D eigenvalue weighted by atomic mass is 32.1. The zero-order valence-electron chi connectivity index (χ0n) is 40.5. The molecule has 2 aliphatic heterocycles. The number of benzene rings is 8. The van der Waals surface area contributed by atoms with Crippen LogP contribution < -0.4 is 30.4 Å². The summed E-state index contributed by atoms with van der Waals surface area (Å²) in [6.45, 7) is 20.7. The van der Waals surface area contributed by atoms with Crippen LogP contribution in [-0.4, -0.2) is 6.71 Å². The molecular formula is C62H56BN3S2. The van der Waals surface area contributed by atoms with E-state index in [9.17, 15) is 0 Å². The average Bonchev–Trinajstić information content (AvgIpc) is 3.90. The van der Waals surface area contributed by atoms with E-state index < -0.39 is 0 Å². The van der Waals surface area contributed by atoms with Crippen LogP contribution in [0.25, 0.3) is 30.3 Å². The molecule has 4 heterocycles. The Labute approximate surface area is 410 Å². The molecular weight excluding hydrogens is 862 g/mol. The van der Waals surface area contributed by atoms with Gasteiger partial charge in [-0.1, -0.05) is 153 Å². The number of thiophene rings is 2. The highest BCUT2D eigenvalue weighted by molar-refractivity contribution is 7.33. The number of hydrogen-bond donors (Lipinski definition) is 0. The maximum absolute atomic E-state index is 2.61. The third-order valence-corrected chi connectivity index (χ3v) is 16.8. The molecule has 3 nitrogen and oxygen atoms in total. The maximum atomic E-state index is 2.61. The summed E-state index contributed by atoms with van der Waals surface area (Å²) in [4.78, 5) is 7.63. The zero-order chi connectivity index (χ0) is 46.9. The molecule has 8 aromatic carbocycles. The second-order valence-electron chi connectivity index (χ2n) is 21.8. The van der Waals surface area contributed by atoms with Crippen LogP contribution in [0.3, 0.4) is 0 Å². The summed E-state index contributed by atoms with van der Waals surface area (Å²) in [5, 5.41) is 3.91. The summed E-state index contributed by atoms with van der Waals surface area (Å²) in [5.41, 5.74) is 17.5. The minimum Gasteiger partial charge on any atom is -0.310 e. The van der Waals surface area contributed by atoms with E-state index in [4.69, 9.17) is 0 Å². The van der Waals surface area contributed by atoms with Crippen molar-refractivity contribution in [3.8, 4) is 0 Å². The van der Waals surface area contributed by atoms with Crippen molar-refractivity contribution in [2.75, 3.05) is 14.7 Å². The van der Waals surface area contributed by atoms with Gasteiger partial charge < -0.3 is 14.7 Å². The van der Waals surface area contributed by atoms with Gasteiger partial charge in [0.05, 0.1) is 16.1 Å². The Hall–Kier alpha value is -6.60. The Bertz CT molecular complexity index is 3530. The molecule has 0 bridgehead atoms. The van der Waals surface area contributed by atoms with Gasteiger partial charge in [-0.05, 0) is 129 Å². The number of anilines is 9. The molecule has 2 aliphatic rings. The van der Waals surface area contributed by atoms with Crippen LogP contribution in [0.4, 0.5) is 51.2 Å². The Morgan fingerprint density at radius 3 is 1.62 bits per heavy atom. The molecule has 0 atom stereocenters. The first-order valence-electron chi connectivity index (χ1n) is 24.0. The number of para-hydroxylation sites is 1. The fraction of sp³-hybridized carbons (Fsp3) is 0.194. The maximum Gasteiger partial charge on any atom is 0.264 e. The fourth-order valence-electron chi connectivity index (χ4n) is 10.7. The smallest absolute Gasteiger partial charge is 0.264 e. The molecule has 0 N–H and O–H groups in total. The molecule has 68 heavy (non-hydrogen) atoms. The van der Waals surface area contributed by atoms with Gasteiger partial charge in [0.1, 0.15) is 0 Å². The Kier molecular flexibility index (Phi) is 9.72. The van der Waals surface area contributed by atoms with Crippen LogP contribution in [-0.2, 0) is 16.2 Å². The molecule has 10 aromatic rings. The second kappa shape index (κ2) is 15.5. The predicted octanol–water partition coefficient (Wildman–Crippen LogP) is 16.7. The van der Waals surface area contributed by atoms with Gasteiger partial charge in [-0.25, -0.2) is 0 Å². The number of nitrogens with zero attached hydrogens (tertiary/aromatic N) is 3. The predicted molar refractivity (Wildman–Crippen MR) is 300 cm³/mol. The summed E-state index contributed by atoms with van der Waals surface area (Å²) >= 11 is 3.86. The van der Waals surface area contributed by atoms with Gasteiger partial charge in [-0.3, -0.25) is 0 Å². The second-order valence-corrected chi connectivity index (χ2v) is 24.0. The number of fused-ring (bicyclic) bond motifs is 9. The van der Waals surface area contributed by atoms with Crippen molar-refractivity contribution in [2.45, 2.75) is 78.6 Å². The molecule has 12 rings (SSSR count). The summed E-state index contributed by atoms with van der Waals surface area (Å²) in [5.74, 6) is 0. The first-order valence-corrected chi connectivity index (χ1v) is 25.7. The van der Waals surface area contributed by atoms with Gasteiger partial charge in [0, 0.05) is 70.1 Å². The first kappa shape index (κ1) is 42.7. The standard InChI is InChI=1S/C62H56BN3S2/c1-60(2,3)39-25-30-43(31-26-39)64(44-32-27-40(28-33-44)61(4,5)6)45-34-35-49-53(38-45)66(52-23-15-20-47-46-19-13-14-24-54(46)67-58(47)52)51-22-16-21-50-56(51)63(49)59-57(65(50)42-17-11-10-12-18-42)48-37-41(62(7,8)9)29-36-55(48)68-59/h10-38H,1-9H3. The third-order valence-electron chi connectivity index (χ3n) is 14.3. The molecule has 0 aliphatic carbocycles. The van der Waals surface area contributed by atoms with E-state index >= 15 is 0 Å². The lowest BCUT2D eigenvalue weighted by Crippen LogP contribution is -2.60. The van der Waals surface area contributed by atoms with Crippen LogP contribution in [0.15, 0.2) is 176 Å². The minimum atomic E-state index is 0.00822. The largest absolute Gasteiger partial charge is 0.310 e. The summed E-state index contributed by atoms with van der Waals surface area (Å²) in [6, 6.07) is 66.9. The van der Waals surface area contributed by atoms with Crippen LogP contribution in [0.1, 0.15) is 79.0 Å². The van der Waals surface area contributed by atoms with E-state index in [2.05, 4.69) is 253 Å². The van der Waals surface area contributed by atoms with Gasteiger partial charge in [0.25, 0.3) is 6.71 Å². The average molecular weight is 918 g/mol. The number of hydrogen-bond acceptors (Lipinski definition) is 5. The van der Waals surface area contributed by atoms with E-state index in [1.54, 1.807) is 0 Å². The van der Waals surface area contributed by atoms with Crippen molar-refractivity contribution in [3.63, 3.8) is 0 Å². The molecule has 0 unspecified atom stereocenters. The van der Waals surface area contributed by atoms with E-state index in [1.807, 2.05) is 22.7 Å². The minimum absolute atomic E-state index is 0.00822. The van der Waals surface area contributed by atoms with Gasteiger partial charge in [0.2, 0.25) is 0 Å². The topological polar surface area (TPSA) is 9.72 Å². The van der Waals surface area contributed by atoms with Crippen LogP contribution in [0.2, 0.25) is 0 Å². The highest BCUT2D eigenvalue weighted by Gasteiger charge is 2.45. The molecule has 0 saturated heterocycles. The van der Waals surface area contributed by atoms with Gasteiger partial charge >= 0.3 is 0 Å². The van der Waals surface area contributed by atoms with E-state index in [-0.39, 0.29) is 23.0 Å². The normalized spacial score (nSPS) is 13.6. The van der Waals surface area contributed by atoms with Crippen molar-refractivity contribution >= 4 is 127 Å². The fourth-order valence-corrected chi connectivity index (χ4v) is 13.2. The monoisotopic (exact) mass is 917 g/mol. The van der Waals surface area contributed by atoms with Gasteiger partial charge in [0.15, 0.2) is 0 Å². The molecule has 0 radical (unpaired) electrons. The molecule has 0 saturated carbocycles. The summed E-state index contributed by atoms with van der Waals surface area (Å²) in [6.07, 6.45) is 0. The van der Waals surface area contributed by atoms with Crippen molar-refractivity contribution in [1.29, 1.82) is 0 Å². The molecule has 0 amide bonds. The quantitative estimate of drug-likeness (QED) is 0.159. The first-order chi connectivity index (χ1) is 32.6. The lowest BCUT2D eigenvalue weighted by atomic mass is 9.36. The van der Waals surface area contributed by atoms with Crippen LogP contribution >= 0.6 is 22.7 Å². The molecule has 0 fully saturated rings. The lowest BCUT2D eigenvalue weighted by Gasteiger charge is -2.43. The highest BCUT2D eigenvalue weighted by Crippen LogP contribution is 2.51. The van der Waals surface area contributed by atoms with E-state index in [0.29, 0.717) is 0 Å². The Morgan fingerprint density at radius 1 is 0.412 bits per heavy atom. The molecule has 334 valence electrons. The van der Waals surface area contributed by atoms with Gasteiger partial charge in [-0.2, -0.15) is 0 Å². The summed E-state index contributed by atoms with van der Waals surface area (Å²) in [7, 11) is 0. The third kappa shape index (κ3) is 6.82. The molecule has 0 spiro atoms. The Morgan fingerprint density at radius 2 is 0.956 bits per heavy atom. The lowest BCUT2D eigenvalue weighted by molar-refractivity contribution is 0.590. The zero-order valence-corrected chi connectivity index (χ0v) is 42.1. The number of rotatable bonds is 5. The van der Waals surface area contributed by atoms with Crippen LogP contribution in [0.5, 0.6) is 0 Å². The van der Waals surface area contributed by atoms with E-state index in [0.717, 1.165) is 17.1 Å². The molecule has 6 heteroatoms. The van der Waals surface area contributed by atoms with Crippen molar-refractivity contribution in [2.24, 2.45) is 0 Å². The van der Waals surface area contributed by atoms with Crippen LogP contribution in [0, 0.1) is 0 Å². The van der Waals surface area contributed by atoms with Gasteiger partial charge in [-0.15, -0.1) is 22.7 Å². The van der Waals surface area contributed by atoms with Crippen molar-refractivity contribution < 1.29 is 0 Å². The van der Waals surface area contributed by atoms with Crippen molar-refractivity contribution in [3.05, 3.63) is 193 Å². The van der Waals surface area contributed by atoms with Crippen molar-refractivity contribution in [1.82, 2.24) is 0 Å². The Balaban J connectivity index is 1.15.